The minimum Gasteiger partial charge on any atom is -0.507 e. The molecule has 0 bridgehead atoms. The van der Waals surface area contributed by atoms with Gasteiger partial charge >= 0.3 is 0 Å². The van der Waals surface area contributed by atoms with Crippen LogP contribution >= 0.6 is 0 Å². The van der Waals surface area contributed by atoms with Gasteiger partial charge in [0.2, 0.25) is 0 Å². The molecule has 0 saturated carbocycles. The number of rotatable bonds is 9. The Balaban J connectivity index is 0.000000231. The van der Waals surface area contributed by atoms with Crippen LogP contribution in [-0.4, -0.2) is 78.4 Å². The number of carbonyl (C=O) groups is 1. The highest BCUT2D eigenvalue weighted by atomic mass is 32.2. The highest BCUT2D eigenvalue weighted by molar-refractivity contribution is 7.86. The molecule has 1 aromatic heterocycles. The fraction of sp³-hybridized carbons (Fsp3) is 0.267. The van der Waals surface area contributed by atoms with E-state index in [0.29, 0.717) is 50.2 Å². The maximum atomic E-state index is 11.2. The lowest BCUT2D eigenvalue weighted by molar-refractivity contribution is -0.0276. The summed E-state index contributed by atoms with van der Waals surface area (Å²) in [6.45, 7) is 2.98. The molecule has 0 spiro atoms. The van der Waals surface area contributed by atoms with Crippen LogP contribution in [0.1, 0.15) is 21.6 Å². The molecule has 5 rings (SSSR count). The van der Waals surface area contributed by atoms with Crippen molar-refractivity contribution in [3.8, 4) is 11.5 Å². The Hall–Kier alpha value is -3.87. The maximum Gasteiger partial charge on any atom is 0.295 e. The molecule has 216 valence electrons. The predicted octanol–water partition coefficient (Wildman–Crippen LogP) is 3.50. The minimum atomic E-state index is -4.13. The zero-order chi connectivity index (χ0) is 29.2. The quantitative estimate of drug-likeness (QED) is 0.199. The Bertz CT molecular complexity index is 1570. The molecule has 1 atom stereocenters. The Morgan fingerprint density at radius 3 is 2.61 bits per heavy atom. The number of phenolic OH excluding ortho intramolecular Hbond substituents is 1. The summed E-state index contributed by atoms with van der Waals surface area (Å²) in [6, 6.07) is 20.5. The van der Waals surface area contributed by atoms with E-state index >= 15 is 0 Å². The third-order valence-corrected chi connectivity index (χ3v) is 7.59. The second-order valence-corrected chi connectivity index (χ2v) is 10.7. The first-order valence-corrected chi connectivity index (χ1v) is 14.5. The summed E-state index contributed by atoms with van der Waals surface area (Å²) in [5, 5.41) is 20.4. The second kappa shape index (κ2) is 14.2. The number of aromatic hydroxyl groups is 1. The van der Waals surface area contributed by atoms with Crippen molar-refractivity contribution in [3.05, 3.63) is 95.8 Å². The third kappa shape index (κ3) is 7.87. The highest BCUT2D eigenvalue weighted by Gasteiger charge is 2.25. The summed E-state index contributed by atoms with van der Waals surface area (Å²) >= 11 is 0. The van der Waals surface area contributed by atoms with Gasteiger partial charge < -0.3 is 19.7 Å². The number of hydrogen-bond donors (Lipinski definition) is 3. The number of aromatic nitrogens is 1. The van der Waals surface area contributed by atoms with Gasteiger partial charge in [-0.15, -0.1) is 0 Å². The van der Waals surface area contributed by atoms with Crippen LogP contribution in [0.25, 0.3) is 10.8 Å². The van der Waals surface area contributed by atoms with Gasteiger partial charge in [0.25, 0.3) is 10.1 Å². The molecule has 4 aromatic rings. The van der Waals surface area contributed by atoms with E-state index in [-0.39, 0.29) is 28.9 Å². The lowest BCUT2D eigenvalue weighted by Crippen LogP contribution is -2.48. The number of fused-ring (bicyclic) bond motifs is 1. The Morgan fingerprint density at radius 1 is 1.05 bits per heavy atom. The summed E-state index contributed by atoms with van der Waals surface area (Å²) in [4.78, 5) is 17.8. The number of ether oxygens (including phenoxy) is 2. The number of carbonyl (C=O) groups excluding carboxylic acids is 1. The molecule has 1 aliphatic rings. The molecular formula is C30H32N2O8S. The van der Waals surface area contributed by atoms with Crippen molar-refractivity contribution in [2.75, 3.05) is 33.0 Å². The summed E-state index contributed by atoms with van der Waals surface area (Å²) in [6.07, 6.45) is 2.85. The molecule has 1 saturated heterocycles. The van der Waals surface area contributed by atoms with Crippen molar-refractivity contribution in [1.29, 1.82) is 0 Å². The van der Waals surface area contributed by atoms with Crippen molar-refractivity contribution >= 4 is 27.2 Å². The molecule has 11 heteroatoms. The van der Waals surface area contributed by atoms with Gasteiger partial charge in [-0.25, -0.2) is 0 Å². The van der Waals surface area contributed by atoms with Gasteiger partial charge in [0, 0.05) is 43.4 Å². The molecule has 0 aliphatic carbocycles. The fourth-order valence-electron chi connectivity index (χ4n) is 4.60. The van der Waals surface area contributed by atoms with Crippen LogP contribution in [0.3, 0.4) is 0 Å². The van der Waals surface area contributed by atoms with E-state index < -0.39 is 10.1 Å². The van der Waals surface area contributed by atoms with Gasteiger partial charge in [-0.2, -0.15) is 8.42 Å². The number of aliphatic hydroxyl groups excluding tert-OH is 1. The molecule has 3 aromatic carbocycles. The van der Waals surface area contributed by atoms with Gasteiger partial charge in [0.15, 0.2) is 6.29 Å². The lowest BCUT2D eigenvalue weighted by atomic mass is 10.1. The monoisotopic (exact) mass is 580 g/mol. The molecule has 1 aliphatic heterocycles. The molecule has 1 fully saturated rings. The number of aldehydes is 1. The zero-order valence-electron chi connectivity index (χ0n) is 22.3. The van der Waals surface area contributed by atoms with E-state index in [1.165, 1.54) is 12.1 Å². The number of nitrogens with zero attached hydrogens (tertiary/aromatic N) is 2. The van der Waals surface area contributed by atoms with Crippen LogP contribution in [0.4, 0.5) is 0 Å². The van der Waals surface area contributed by atoms with Gasteiger partial charge in [0.1, 0.15) is 23.0 Å². The van der Waals surface area contributed by atoms with Gasteiger partial charge in [-0.05, 0) is 35.2 Å². The normalized spacial score (nSPS) is 15.6. The van der Waals surface area contributed by atoms with E-state index in [2.05, 4.69) is 9.88 Å². The Kier molecular flexibility index (Phi) is 10.4. The first-order chi connectivity index (χ1) is 19.8. The van der Waals surface area contributed by atoms with Crippen LogP contribution < -0.4 is 4.74 Å². The first-order valence-electron chi connectivity index (χ1n) is 13.0. The van der Waals surface area contributed by atoms with Crippen LogP contribution in [0.15, 0.2) is 83.9 Å². The van der Waals surface area contributed by atoms with Crippen LogP contribution in [0.5, 0.6) is 11.5 Å². The standard InChI is InChI=1S/C20H24N2O5.C10H8O3S/c23-9-6-18-15(3-2-7-21-18)11-22-8-10-26-13-16(22)14-27-20-5-1-4-19(25)17(20)12-24;11-14(12,13)10-7-3-5-8-4-1-2-6-9(8)10/h1-5,7,12,16,23,25H,6,8-11,13-14H2;1-7H,(H,11,12,13)/t16-;/m0./s1. The lowest BCUT2D eigenvalue weighted by Gasteiger charge is -2.35. The van der Waals surface area contributed by atoms with E-state index in [1.54, 1.807) is 48.7 Å². The number of benzene rings is 3. The largest absolute Gasteiger partial charge is 0.507 e. The molecule has 2 heterocycles. The van der Waals surface area contributed by atoms with E-state index in [1.807, 2.05) is 18.2 Å². The van der Waals surface area contributed by atoms with Gasteiger partial charge in [-0.3, -0.25) is 19.2 Å². The maximum absolute atomic E-state index is 11.2. The van der Waals surface area contributed by atoms with Crippen LogP contribution in [-0.2, 0) is 27.8 Å². The van der Waals surface area contributed by atoms with E-state index in [9.17, 15) is 23.4 Å². The van der Waals surface area contributed by atoms with Crippen molar-refractivity contribution in [2.45, 2.75) is 23.9 Å². The summed E-state index contributed by atoms with van der Waals surface area (Å²) in [7, 11) is -4.13. The number of pyridine rings is 1. The summed E-state index contributed by atoms with van der Waals surface area (Å²) < 4.78 is 42.4. The number of aliphatic hydroxyl groups is 1. The first kappa shape index (κ1) is 30.1. The van der Waals surface area contributed by atoms with Crippen molar-refractivity contribution in [3.63, 3.8) is 0 Å². The third-order valence-electron chi connectivity index (χ3n) is 6.68. The number of hydrogen-bond acceptors (Lipinski definition) is 9. The van der Waals surface area contributed by atoms with Crippen molar-refractivity contribution in [1.82, 2.24) is 9.88 Å². The van der Waals surface area contributed by atoms with Crippen LogP contribution in [0.2, 0.25) is 0 Å². The molecule has 0 amide bonds. The Morgan fingerprint density at radius 2 is 1.83 bits per heavy atom. The van der Waals surface area contributed by atoms with Crippen molar-refractivity contribution < 1.29 is 37.5 Å². The van der Waals surface area contributed by atoms with Crippen molar-refractivity contribution in [2.24, 2.45) is 0 Å². The SMILES string of the molecule is O=Cc1c(O)cccc1OC[C@@H]1COCCN1Cc1cccnc1CCO.O=S(=O)(O)c1cccc2ccccc12. The zero-order valence-corrected chi connectivity index (χ0v) is 23.1. The topological polar surface area (TPSA) is 146 Å². The smallest absolute Gasteiger partial charge is 0.295 e. The molecular weight excluding hydrogens is 548 g/mol. The Labute approximate surface area is 238 Å². The summed E-state index contributed by atoms with van der Waals surface area (Å²) in [5.41, 5.74) is 2.12. The summed E-state index contributed by atoms with van der Waals surface area (Å²) in [5.74, 6) is 0.265. The van der Waals surface area contributed by atoms with Crippen LogP contribution in [0, 0.1) is 0 Å². The molecule has 41 heavy (non-hydrogen) atoms. The molecule has 3 N–H and O–H groups in total. The second-order valence-electron chi connectivity index (χ2n) is 9.35. The predicted molar refractivity (Wildman–Crippen MR) is 153 cm³/mol. The average Bonchev–Trinajstić information content (AvgIpc) is 2.97. The van der Waals surface area contributed by atoms with Gasteiger partial charge in [-0.1, -0.05) is 48.5 Å². The fourth-order valence-corrected chi connectivity index (χ4v) is 5.31. The molecule has 0 unspecified atom stereocenters. The minimum absolute atomic E-state index is 0.00258. The van der Waals surface area contributed by atoms with E-state index in [4.69, 9.17) is 14.0 Å². The molecule has 0 radical (unpaired) electrons. The average molecular weight is 581 g/mol. The highest BCUT2D eigenvalue weighted by Crippen LogP contribution is 2.26. The van der Waals surface area contributed by atoms with E-state index in [0.717, 1.165) is 23.2 Å². The number of phenols is 1. The van der Waals surface area contributed by atoms with Gasteiger partial charge in [0.05, 0.1) is 24.8 Å². The number of morpholine rings is 1. The molecule has 10 nitrogen and oxygen atoms in total.